The number of carbonyl (C=O) groups excluding carboxylic acids is 3. The maximum Gasteiger partial charge on any atom is 0.269 e. The zero-order chi connectivity index (χ0) is 20.1. The number of hydrogen-bond donors (Lipinski definition) is 2. The van der Waals surface area contributed by atoms with E-state index >= 15 is 0 Å². The molecule has 7 heteroatoms. The average Bonchev–Trinajstić information content (AvgIpc) is 3.09. The Morgan fingerprint density at radius 2 is 1.75 bits per heavy atom. The van der Waals surface area contributed by atoms with Crippen LogP contribution >= 0.6 is 0 Å². The highest BCUT2D eigenvalue weighted by molar-refractivity contribution is 6.01. The van der Waals surface area contributed by atoms with Crippen LogP contribution in [-0.4, -0.2) is 30.9 Å². The van der Waals surface area contributed by atoms with Crippen LogP contribution in [0.15, 0.2) is 48.5 Å². The molecule has 0 aliphatic carbocycles. The Kier molecular flexibility index (Phi) is 5.93. The number of amides is 3. The fourth-order valence-electron chi connectivity index (χ4n) is 3.02. The van der Waals surface area contributed by atoms with Gasteiger partial charge in [0.15, 0.2) is 0 Å². The molecule has 2 aromatic rings. The van der Waals surface area contributed by atoms with Gasteiger partial charge in [0.05, 0.1) is 12.5 Å². The average molecular weight is 381 g/mol. The van der Waals surface area contributed by atoms with E-state index < -0.39 is 11.8 Å². The van der Waals surface area contributed by atoms with Crippen LogP contribution in [0.1, 0.15) is 29.3 Å². The van der Waals surface area contributed by atoms with Gasteiger partial charge in [-0.3, -0.25) is 25.2 Å². The molecular weight excluding hydrogens is 358 g/mol. The van der Waals surface area contributed by atoms with Gasteiger partial charge in [-0.05, 0) is 50.2 Å². The fraction of sp³-hybridized carbons (Fsp3) is 0.286. The lowest BCUT2D eigenvalue weighted by atomic mass is 10.1. The van der Waals surface area contributed by atoms with Crippen molar-refractivity contribution in [3.05, 3.63) is 59.7 Å². The lowest BCUT2D eigenvalue weighted by Crippen LogP contribution is -2.45. The third-order valence-electron chi connectivity index (χ3n) is 4.57. The normalized spacial score (nSPS) is 16.0. The van der Waals surface area contributed by atoms with Gasteiger partial charge in [-0.15, -0.1) is 0 Å². The molecular formula is C21H23N3O4. The lowest BCUT2D eigenvalue weighted by Gasteiger charge is -2.17. The Labute approximate surface area is 163 Å². The Bertz CT molecular complexity index is 862. The number of nitrogens with zero attached hydrogens (tertiary/aromatic N) is 1. The van der Waals surface area contributed by atoms with E-state index in [9.17, 15) is 14.4 Å². The van der Waals surface area contributed by atoms with E-state index in [1.54, 1.807) is 41.3 Å². The van der Waals surface area contributed by atoms with E-state index in [0.29, 0.717) is 17.9 Å². The molecule has 0 saturated carbocycles. The molecule has 0 spiro atoms. The number of nitrogens with one attached hydrogen (secondary N) is 2. The minimum Gasteiger partial charge on any atom is -0.494 e. The third kappa shape index (κ3) is 4.49. The summed E-state index contributed by atoms with van der Waals surface area (Å²) < 4.78 is 5.40. The summed E-state index contributed by atoms with van der Waals surface area (Å²) >= 11 is 0. The van der Waals surface area contributed by atoms with Crippen LogP contribution in [0.5, 0.6) is 5.75 Å². The van der Waals surface area contributed by atoms with Gasteiger partial charge < -0.3 is 9.64 Å². The second-order valence-corrected chi connectivity index (χ2v) is 6.64. The summed E-state index contributed by atoms with van der Waals surface area (Å²) in [4.78, 5) is 38.4. The minimum atomic E-state index is -0.530. The second kappa shape index (κ2) is 8.56. The van der Waals surface area contributed by atoms with Gasteiger partial charge in [-0.1, -0.05) is 17.7 Å². The predicted octanol–water partition coefficient (Wildman–Crippen LogP) is 2.21. The Hall–Kier alpha value is -3.35. The molecule has 0 radical (unpaired) electrons. The van der Waals surface area contributed by atoms with E-state index in [4.69, 9.17) is 4.74 Å². The van der Waals surface area contributed by atoms with Crippen LogP contribution in [0.25, 0.3) is 0 Å². The first-order valence-electron chi connectivity index (χ1n) is 9.18. The third-order valence-corrected chi connectivity index (χ3v) is 4.57. The smallest absolute Gasteiger partial charge is 0.269 e. The number of hydrogen-bond acceptors (Lipinski definition) is 4. The topological polar surface area (TPSA) is 87.7 Å². The van der Waals surface area contributed by atoms with E-state index in [0.717, 1.165) is 11.3 Å². The number of rotatable bonds is 5. The maximum atomic E-state index is 12.4. The molecule has 0 bridgehead atoms. The first-order valence-corrected chi connectivity index (χ1v) is 9.18. The predicted molar refractivity (Wildman–Crippen MR) is 105 cm³/mol. The molecule has 1 aliphatic rings. The zero-order valence-electron chi connectivity index (χ0n) is 15.9. The van der Waals surface area contributed by atoms with Crippen molar-refractivity contribution in [3.63, 3.8) is 0 Å². The van der Waals surface area contributed by atoms with E-state index in [2.05, 4.69) is 10.9 Å². The summed E-state index contributed by atoms with van der Waals surface area (Å²) in [5.74, 6) is -0.721. The van der Waals surface area contributed by atoms with Crippen molar-refractivity contribution in [2.45, 2.75) is 20.3 Å². The summed E-state index contributed by atoms with van der Waals surface area (Å²) in [5.41, 5.74) is 7.02. The molecule has 7 nitrogen and oxygen atoms in total. The molecule has 3 amide bonds. The molecule has 0 aromatic heterocycles. The van der Waals surface area contributed by atoms with E-state index in [1.165, 1.54) is 0 Å². The molecule has 146 valence electrons. The molecule has 1 atom stereocenters. The summed E-state index contributed by atoms with van der Waals surface area (Å²) in [5, 5.41) is 0. The molecule has 3 rings (SSSR count). The monoisotopic (exact) mass is 381 g/mol. The van der Waals surface area contributed by atoms with Gasteiger partial charge in [0.25, 0.3) is 5.91 Å². The molecule has 1 saturated heterocycles. The summed E-state index contributed by atoms with van der Waals surface area (Å²) in [6.07, 6.45) is 0.0967. The second-order valence-electron chi connectivity index (χ2n) is 6.64. The van der Waals surface area contributed by atoms with Crippen LogP contribution in [0.3, 0.4) is 0 Å². The van der Waals surface area contributed by atoms with Gasteiger partial charge in [0, 0.05) is 24.2 Å². The molecule has 1 aliphatic heterocycles. The number of benzene rings is 2. The van der Waals surface area contributed by atoms with Gasteiger partial charge in [-0.2, -0.15) is 0 Å². The van der Waals surface area contributed by atoms with Crippen LogP contribution in [0.2, 0.25) is 0 Å². The van der Waals surface area contributed by atoms with Crippen molar-refractivity contribution in [1.82, 2.24) is 10.9 Å². The maximum absolute atomic E-state index is 12.4. The SMILES string of the molecule is CCOc1ccc(N2C[C@H](C(=O)NNC(=O)c3ccc(C)cc3)CC2=O)cc1. The van der Waals surface area contributed by atoms with Crippen LogP contribution in [0, 0.1) is 12.8 Å². The van der Waals surface area contributed by atoms with Crippen molar-refractivity contribution in [3.8, 4) is 5.75 Å². The van der Waals surface area contributed by atoms with Crippen molar-refractivity contribution >= 4 is 23.4 Å². The van der Waals surface area contributed by atoms with Gasteiger partial charge in [-0.25, -0.2) is 0 Å². The summed E-state index contributed by atoms with van der Waals surface area (Å²) in [6.45, 7) is 4.66. The Balaban J connectivity index is 1.56. The number of carbonyl (C=O) groups is 3. The molecule has 2 aromatic carbocycles. The fourth-order valence-corrected chi connectivity index (χ4v) is 3.02. The number of hydrazine groups is 1. The highest BCUT2D eigenvalue weighted by Gasteiger charge is 2.35. The van der Waals surface area contributed by atoms with Crippen LogP contribution in [0.4, 0.5) is 5.69 Å². The largest absolute Gasteiger partial charge is 0.494 e. The van der Waals surface area contributed by atoms with Crippen molar-refractivity contribution in [1.29, 1.82) is 0 Å². The van der Waals surface area contributed by atoms with Crippen LogP contribution in [-0.2, 0) is 9.59 Å². The number of anilines is 1. The van der Waals surface area contributed by atoms with Crippen LogP contribution < -0.4 is 20.5 Å². The zero-order valence-corrected chi connectivity index (χ0v) is 15.9. The summed E-state index contributed by atoms with van der Waals surface area (Å²) in [7, 11) is 0. The van der Waals surface area contributed by atoms with Crippen molar-refractivity contribution in [2.75, 3.05) is 18.1 Å². The van der Waals surface area contributed by atoms with Crippen molar-refractivity contribution < 1.29 is 19.1 Å². The molecule has 1 fully saturated rings. The van der Waals surface area contributed by atoms with Gasteiger partial charge >= 0.3 is 0 Å². The lowest BCUT2D eigenvalue weighted by molar-refractivity contribution is -0.126. The summed E-state index contributed by atoms with van der Waals surface area (Å²) in [6, 6.07) is 14.2. The quantitative estimate of drug-likeness (QED) is 0.778. The first-order chi connectivity index (χ1) is 13.5. The molecule has 2 N–H and O–H groups in total. The van der Waals surface area contributed by atoms with E-state index in [-0.39, 0.29) is 24.8 Å². The minimum absolute atomic E-state index is 0.0967. The number of aryl methyl sites for hydroxylation is 1. The van der Waals surface area contributed by atoms with Crippen molar-refractivity contribution in [2.24, 2.45) is 5.92 Å². The highest BCUT2D eigenvalue weighted by atomic mass is 16.5. The van der Waals surface area contributed by atoms with E-state index in [1.807, 2.05) is 26.0 Å². The highest BCUT2D eigenvalue weighted by Crippen LogP contribution is 2.26. The Morgan fingerprint density at radius 3 is 2.39 bits per heavy atom. The van der Waals surface area contributed by atoms with Gasteiger partial charge in [0.1, 0.15) is 5.75 Å². The molecule has 1 heterocycles. The Morgan fingerprint density at radius 1 is 1.07 bits per heavy atom. The first kappa shape index (κ1) is 19.4. The molecule has 28 heavy (non-hydrogen) atoms. The standard InChI is InChI=1S/C21H23N3O4/c1-3-28-18-10-8-17(9-11-18)24-13-16(12-19(24)25)21(27)23-22-20(26)15-6-4-14(2)5-7-15/h4-11,16H,3,12-13H2,1-2H3,(H,22,26)(H,23,27)/t16-/m1/s1. The van der Waals surface area contributed by atoms with Gasteiger partial charge in [0.2, 0.25) is 11.8 Å². The number of ether oxygens (including phenoxy) is 1. The molecule has 0 unspecified atom stereocenters.